The molecular weight excluding hydrogens is 305 g/mol. The summed E-state index contributed by atoms with van der Waals surface area (Å²) in [6, 6.07) is 11.0. The molecule has 2 N–H and O–H groups in total. The summed E-state index contributed by atoms with van der Waals surface area (Å²) in [5.41, 5.74) is 6.60. The van der Waals surface area contributed by atoms with E-state index in [-0.39, 0.29) is 15.7 Å². The summed E-state index contributed by atoms with van der Waals surface area (Å²) < 4.78 is 24.6. The first-order valence-electron chi connectivity index (χ1n) is 5.41. The van der Waals surface area contributed by atoms with Gasteiger partial charge in [-0.3, -0.25) is 0 Å². The Labute approximate surface area is 121 Å². The molecule has 0 aliphatic heterocycles. The summed E-state index contributed by atoms with van der Waals surface area (Å²) in [7, 11) is -3.53. The van der Waals surface area contributed by atoms with Crippen molar-refractivity contribution in [1.29, 1.82) is 0 Å². The molecule has 19 heavy (non-hydrogen) atoms. The Hall–Kier alpha value is -1.23. The number of halogens is 2. The summed E-state index contributed by atoms with van der Waals surface area (Å²) in [4.78, 5) is 0.0455. The van der Waals surface area contributed by atoms with Crippen molar-refractivity contribution in [3.05, 3.63) is 58.1 Å². The van der Waals surface area contributed by atoms with Gasteiger partial charge in [-0.05, 0) is 35.9 Å². The van der Waals surface area contributed by atoms with Gasteiger partial charge in [0.15, 0.2) is 9.84 Å². The zero-order chi connectivity index (χ0) is 14.0. The molecule has 0 spiro atoms. The molecule has 0 radical (unpaired) electrons. The van der Waals surface area contributed by atoms with Crippen LogP contribution in [0.5, 0.6) is 0 Å². The summed E-state index contributed by atoms with van der Waals surface area (Å²) in [5.74, 6) is -0.145. The van der Waals surface area contributed by atoms with Crippen LogP contribution >= 0.6 is 23.2 Å². The lowest BCUT2D eigenvalue weighted by Gasteiger charge is -2.07. The fourth-order valence-corrected chi connectivity index (χ4v) is 3.70. The number of hydrogen-bond donors (Lipinski definition) is 1. The van der Waals surface area contributed by atoms with Crippen LogP contribution in [0.25, 0.3) is 0 Å². The highest BCUT2D eigenvalue weighted by atomic mass is 35.5. The normalized spacial score (nSPS) is 11.5. The first-order chi connectivity index (χ1) is 8.88. The maximum atomic E-state index is 12.3. The Morgan fingerprint density at radius 3 is 2.26 bits per heavy atom. The third-order valence-electron chi connectivity index (χ3n) is 2.56. The predicted molar refractivity (Wildman–Crippen MR) is 78.2 cm³/mol. The van der Waals surface area contributed by atoms with E-state index >= 15 is 0 Å². The van der Waals surface area contributed by atoms with Gasteiger partial charge >= 0.3 is 0 Å². The fourth-order valence-electron chi connectivity index (χ4n) is 1.64. The third-order valence-corrected chi connectivity index (χ3v) is 4.98. The van der Waals surface area contributed by atoms with Gasteiger partial charge in [0.05, 0.1) is 15.7 Å². The van der Waals surface area contributed by atoms with Crippen LogP contribution in [0, 0.1) is 0 Å². The summed E-state index contributed by atoms with van der Waals surface area (Å²) in [5, 5.41) is 0.728. The van der Waals surface area contributed by atoms with E-state index < -0.39 is 9.84 Å². The van der Waals surface area contributed by atoms with Crippen molar-refractivity contribution >= 4 is 38.7 Å². The molecule has 3 nitrogen and oxygen atoms in total. The van der Waals surface area contributed by atoms with Gasteiger partial charge in [0.25, 0.3) is 0 Å². The first-order valence-corrected chi connectivity index (χ1v) is 7.81. The average molecular weight is 316 g/mol. The SMILES string of the molecule is Nc1ccc(Cl)c(S(=O)(=O)Cc2ccc(Cl)cc2)c1. The van der Waals surface area contributed by atoms with E-state index in [9.17, 15) is 8.42 Å². The molecule has 6 heteroatoms. The number of rotatable bonds is 3. The smallest absolute Gasteiger partial charge is 0.184 e. The van der Waals surface area contributed by atoms with E-state index in [0.717, 1.165) is 0 Å². The van der Waals surface area contributed by atoms with Crippen LogP contribution in [-0.4, -0.2) is 8.42 Å². The van der Waals surface area contributed by atoms with E-state index in [1.54, 1.807) is 30.3 Å². The third kappa shape index (κ3) is 3.41. The Morgan fingerprint density at radius 2 is 1.63 bits per heavy atom. The van der Waals surface area contributed by atoms with Crippen molar-refractivity contribution in [2.45, 2.75) is 10.6 Å². The van der Waals surface area contributed by atoms with Gasteiger partial charge in [0, 0.05) is 10.7 Å². The monoisotopic (exact) mass is 315 g/mol. The zero-order valence-electron chi connectivity index (χ0n) is 9.81. The fraction of sp³-hybridized carbons (Fsp3) is 0.0769. The van der Waals surface area contributed by atoms with Crippen LogP contribution in [0.3, 0.4) is 0 Å². The van der Waals surface area contributed by atoms with E-state index in [2.05, 4.69) is 0 Å². The molecule has 2 aromatic carbocycles. The standard InChI is InChI=1S/C13H11Cl2NO2S/c14-10-3-1-9(2-4-10)8-19(17,18)13-7-11(16)5-6-12(13)15/h1-7H,8,16H2. The minimum atomic E-state index is -3.53. The minimum absolute atomic E-state index is 0.0455. The van der Waals surface area contributed by atoms with Crippen molar-refractivity contribution in [3.63, 3.8) is 0 Å². The Kier molecular flexibility index (Phi) is 4.04. The van der Waals surface area contributed by atoms with Crippen LogP contribution in [-0.2, 0) is 15.6 Å². The van der Waals surface area contributed by atoms with Gasteiger partial charge in [-0.15, -0.1) is 0 Å². The van der Waals surface area contributed by atoms with Gasteiger partial charge in [-0.2, -0.15) is 0 Å². The number of nitrogen functional groups attached to an aromatic ring is 1. The number of anilines is 1. The summed E-state index contributed by atoms with van der Waals surface area (Å²) in [6.07, 6.45) is 0. The molecule has 0 atom stereocenters. The molecule has 0 fully saturated rings. The van der Waals surface area contributed by atoms with Crippen LogP contribution in [0.4, 0.5) is 5.69 Å². The number of nitrogens with two attached hydrogens (primary N) is 1. The molecule has 0 saturated carbocycles. The lowest BCUT2D eigenvalue weighted by molar-refractivity contribution is 0.595. The van der Waals surface area contributed by atoms with E-state index in [1.807, 2.05) is 0 Å². The van der Waals surface area contributed by atoms with Crippen molar-refractivity contribution in [1.82, 2.24) is 0 Å². The van der Waals surface area contributed by atoms with E-state index in [0.29, 0.717) is 16.3 Å². The number of benzene rings is 2. The average Bonchev–Trinajstić information content (AvgIpc) is 2.35. The largest absolute Gasteiger partial charge is 0.399 e. The van der Waals surface area contributed by atoms with E-state index in [4.69, 9.17) is 28.9 Å². The second-order valence-electron chi connectivity index (χ2n) is 4.08. The number of hydrogen-bond acceptors (Lipinski definition) is 3. The van der Waals surface area contributed by atoms with Crippen molar-refractivity contribution < 1.29 is 8.42 Å². The van der Waals surface area contributed by atoms with Crippen LogP contribution in [0.15, 0.2) is 47.4 Å². The van der Waals surface area contributed by atoms with Gasteiger partial charge in [-0.25, -0.2) is 8.42 Å². The molecule has 2 aromatic rings. The Balaban J connectivity index is 2.37. The van der Waals surface area contributed by atoms with Gasteiger partial charge in [0.1, 0.15) is 0 Å². The van der Waals surface area contributed by atoms with Crippen molar-refractivity contribution in [3.8, 4) is 0 Å². The topological polar surface area (TPSA) is 60.2 Å². The Bertz CT molecular complexity index is 697. The second-order valence-corrected chi connectivity index (χ2v) is 6.88. The summed E-state index contributed by atoms with van der Waals surface area (Å²) >= 11 is 11.7. The lowest BCUT2D eigenvalue weighted by atomic mass is 10.2. The highest BCUT2D eigenvalue weighted by Gasteiger charge is 2.19. The minimum Gasteiger partial charge on any atom is -0.399 e. The number of sulfone groups is 1. The highest BCUT2D eigenvalue weighted by molar-refractivity contribution is 7.90. The molecule has 0 aliphatic carbocycles. The molecule has 0 amide bonds. The molecule has 0 aromatic heterocycles. The molecule has 0 aliphatic rings. The van der Waals surface area contributed by atoms with Gasteiger partial charge < -0.3 is 5.73 Å². The van der Waals surface area contributed by atoms with E-state index in [1.165, 1.54) is 12.1 Å². The van der Waals surface area contributed by atoms with Gasteiger partial charge in [0.2, 0.25) is 0 Å². The highest BCUT2D eigenvalue weighted by Crippen LogP contribution is 2.27. The lowest BCUT2D eigenvalue weighted by Crippen LogP contribution is -2.06. The molecule has 0 bridgehead atoms. The maximum Gasteiger partial charge on any atom is 0.184 e. The quantitative estimate of drug-likeness (QED) is 0.881. The summed E-state index contributed by atoms with van der Waals surface area (Å²) in [6.45, 7) is 0. The molecule has 2 rings (SSSR count). The molecular formula is C13H11Cl2NO2S. The van der Waals surface area contributed by atoms with Crippen LogP contribution < -0.4 is 5.73 Å². The first kappa shape index (κ1) is 14.2. The second kappa shape index (κ2) is 5.41. The molecule has 0 saturated heterocycles. The maximum absolute atomic E-state index is 12.3. The molecule has 100 valence electrons. The van der Waals surface area contributed by atoms with Crippen molar-refractivity contribution in [2.75, 3.05) is 5.73 Å². The molecule has 0 unspecified atom stereocenters. The van der Waals surface area contributed by atoms with Crippen molar-refractivity contribution in [2.24, 2.45) is 0 Å². The molecule has 0 heterocycles. The Morgan fingerprint density at radius 1 is 1.00 bits per heavy atom. The van der Waals surface area contributed by atoms with Crippen LogP contribution in [0.1, 0.15) is 5.56 Å². The van der Waals surface area contributed by atoms with Gasteiger partial charge in [-0.1, -0.05) is 35.3 Å². The van der Waals surface area contributed by atoms with Crippen LogP contribution in [0.2, 0.25) is 10.0 Å². The predicted octanol–water partition coefficient (Wildman–Crippen LogP) is 3.55. The zero-order valence-corrected chi connectivity index (χ0v) is 12.1.